The third kappa shape index (κ3) is 4.64. The zero-order valence-corrected chi connectivity index (χ0v) is 15.0. The van der Waals surface area contributed by atoms with Crippen LogP contribution in [-0.4, -0.2) is 12.4 Å². The van der Waals surface area contributed by atoms with Crippen molar-refractivity contribution >= 4 is 12.4 Å². The summed E-state index contributed by atoms with van der Waals surface area (Å²) in [4.78, 5) is 8.81. The molecule has 26 heavy (non-hydrogen) atoms. The zero-order valence-electron chi connectivity index (χ0n) is 15.0. The summed E-state index contributed by atoms with van der Waals surface area (Å²) in [6.45, 7) is 6.18. The van der Waals surface area contributed by atoms with Crippen LogP contribution in [0.15, 0.2) is 107 Å². The van der Waals surface area contributed by atoms with Crippen molar-refractivity contribution in [3.8, 4) is 11.1 Å². The Bertz CT molecular complexity index is 905. The van der Waals surface area contributed by atoms with Crippen LogP contribution in [0.2, 0.25) is 0 Å². The van der Waals surface area contributed by atoms with Crippen LogP contribution >= 0.6 is 0 Å². The van der Waals surface area contributed by atoms with E-state index in [1.54, 1.807) is 0 Å². The summed E-state index contributed by atoms with van der Waals surface area (Å²) in [7, 11) is 0. The molecule has 0 unspecified atom stereocenters. The molecule has 0 aromatic heterocycles. The minimum absolute atomic E-state index is 0.636. The van der Waals surface area contributed by atoms with E-state index in [4.69, 9.17) is 4.99 Å². The third-order valence-corrected chi connectivity index (χ3v) is 4.16. The van der Waals surface area contributed by atoms with Crippen LogP contribution in [-0.2, 0) is 6.54 Å². The topological polar surface area (TPSA) is 24.7 Å². The van der Waals surface area contributed by atoms with Gasteiger partial charge in [-0.2, -0.15) is 0 Å². The number of rotatable bonds is 6. The number of allylic oxidation sites excluding steroid dienone is 2. The van der Waals surface area contributed by atoms with Gasteiger partial charge in [0.25, 0.3) is 0 Å². The van der Waals surface area contributed by atoms with Gasteiger partial charge in [-0.3, -0.25) is 9.98 Å². The van der Waals surface area contributed by atoms with Crippen molar-refractivity contribution in [2.75, 3.05) is 0 Å². The second-order valence-electron chi connectivity index (χ2n) is 6.07. The Kier molecular flexibility index (Phi) is 5.89. The van der Waals surface area contributed by atoms with Gasteiger partial charge in [-0.05, 0) is 42.0 Å². The number of hydrogen-bond acceptors (Lipinski definition) is 2. The van der Waals surface area contributed by atoms with E-state index in [1.165, 1.54) is 16.7 Å². The molecular weight excluding hydrogens is 316 g/mol. The van der Waals surface area contributed by atoms with E-state index in [0.29, 0.717) is 6.54 Å². The molecule has 3 rings (SSSR count). The Hall–Kier alpha value is -3.26. The average molecular weight is 338 g/mol. The van der Waals surface area contributed by atoms with Gasteiger partial charge in [0.15, 0.2) is 0 Å². The summed E-state index contributed by atoms with van der Waals surface area (Å²) < 4.78 is 0. The van der Waals surface area contributed by atoms with Gasteiger partial charge in [0, 0.05) is 5.70 Å². The Morgan fingerprint density at radius 2 is 1.38 bits per heavy atom. The monoisotopic (exact) mass is 338 g/mol. The minimum Gasteiger partial charge on any atom is -0.280 e. The fraction of sp³-hybridized carbons (Fsp3) is 0.0833. The van der Waals surface area contributed by atoms with E-state index < -0.39 is 0 Å². The van der Waals surface area contributed by atoms with Gasteiger partial charge >= 0.3 is 0 Å². The first kappa shape index (κ1) is 17.6. The van der Waals surface area contributed by atoms with Crippen LogP contribution in [0.4, 0.5) is 0 Å². The van der Waals surface area contributed by atoms with Gasteiger partial charge in [-0.1, -0.05) is 84.9 Å². The van der Waals surface area contributed by atoms with Gasteiger partial charge in [-0.15, -0.1) is 0 Å². The van der Waals surface area contributed by atoms with Crippen molar-refractivity contribution in [1.29, 1.82) is 0 Å². The van der Waals surface area contributed by atoms with Crippen molar-refractivity contribution in [3.63, 3.8) is 0 Å². The first-order valence-electron chi connectivity index (χ1n) is 8.65. The Morgan fingerprint density at radius 1 is 0.808 bits per heavy atom. The largest absolute Gasteiger partial charge is 0.280 e. The van der Waals surface area contributed by atoms with Gasteiger partial charge < -0.3 is 0 Å². The predicted octanol–water partition coefficient (Wildman–Crippen LogP) is 5.95. The molecule has 0 heterocycles. The highest BCUT2D eigenvalue weighted by Crippen LogP contribution is 2.20. The molecule has 0 saturated heterocycles. The summed E-state index contributed by atoms with van der Waals surface area (Å²) in [5.41, 5.74) is 6.43. The van der Waals surface area contributed by atoms with Crippen LogP contribution < -0.4 is 0 Å². The molecule has 0 aliphatic rings. The lowest BCUT2D eigenvalue weighted by Gasteiger charge is -2.07. The van der Waals surface area contributed by atoms with Gasteiger partial charge in [-0.25, -0.2) is 0 Å². The Labute approximate surface area is 155 Å². The highest BCUT2D eigenvalue weighted by Gasteiger charge is 2.03. The second kappa shape index (κ2) is 8.72. The molecule has 0 aliphatic heterocycles. The van der Waals surface area contributed by atoms with Crippen LogP contribution in [0.5, 0.6) is 0 Å². The number of benzene rings is 3. The molecule has 0 atom stereocenters. The van der Waals surface area contributed by atoms with E-state index in [9.17, 15) is 0 Å². The van der Waals surface area contributed by atoms with Gasteiger partial charge in [0.2, 0.25) is 0 Å². The number of aliphatic imine (C=N–C) groups is 2. The van der Waals surface area contributed by atoms with E-state index in [0.717, 1.165) is 17.0 Å². The molecule has 0 fully saturated rings. The molecule has 0 aliphatic carbocycles. The van der Waals surface area contributed by atoms with Crippen molar-refractivity contribution in [3.05, 3.63) is 108 Å². The molecule has 0 radical (unpaired) electrons. The fourth-order valence-corrected chi connectivity index (χ4v) is 2.69. The lowest BCUT2D eigenvalue weighted by atomic mass is 10.0. The lowest BCUT2D eigenvalue weighted by molar-refractivity contribution is 1.07. The molecule has 0 amide bonds. The molecule has 0 saturated carbocycles. The SMILES string of the molecule is C=N/C(C)=C\C(=NCc1ccccc1)c1ccc(-c2ccccc2)cc1. The average Bonchev–Trinajstić information content (AvgIpc) is 2.72. The molecule has 0 spiro atoms. The predicted molar refractivity (Wildman–Crippen MR) is 112 cm³/mol. The van der Waals surface area contributed by atoms with Crippen molar-refractivity contribution in [1.82, 2.24) is 0 Å². The zero-order chi connectivity index (χ0) is 18.2. The normalized spacial score (nSPS) is 12.0. The molecule has 3 aromatic carbocycles. The van der Waals surface area contributed by atoms with E-state index in [-0.39, 0.29) is 0 Å². The molecule has 3 aromatic rings. The van der Waals surface area contributed by atoms with Crippen LogP contribution in [0, 0.1) is 0 Å². The molecule has 128 valence electrons. The minimum atomic E-state index is 0.636. The van der Waals surface area contributed by atoms with E-state index in [2.05, 4.69) is 72.4 Å². The fourth-order valence-electron chi connectivity index (χ4n) is 2.69. The van der Waals surface area contributed by atoms with E-state index in [1.807, 2.05) is 37.3 Å². The smallest absolute Gasteiger partial charge is 0.0668 e. The maximum absolute atomic E-state index is 4.81. The van der Waals surface area contributed by atoms with Crippen LogP contribution in [0.25, 0.3) is 11.1 Å². The molecule has 2 nitrogen and oxygen atoms in total. The van der Waals surface area contributed by atoms with Crippen LogP contribution in [0.1, 0.15) is 18.1 Å². The highest BCUT2D eigenvalue weighted by molar-refractivity contribution is 6.09. The Balaban J connectivity index is 1.90. The molecule has 2 heteroatoms. The lowest BCUT2D eigenvalue weighted by Crippen LogP contribution is -1.99. The van der Waals surface area contributed by atoms with Crippen molar-refractivity contribution in [2.45, 2.75) is 13.5 Å². The summed E-state index contributed by atoms with van der Waals surface area (Å²) in [5.74, 6) is 0. The van der Waals surface area contributed by atoms with Crippen LogP contribution in [0.3, 0.4) is 0 Å². The molecule has 0 N–H and O–H groups in total. The summed E-state index contributed by atoms with van der Waals surface area (Å²) in [5, 5.41) is 0. The molecule has 0 bridgehead atoms. The second-order valence-corrected chi connectivity index (χ2v) is 6.07. The standard InChI is InChI=1S/C24H22N2/c1-19(25-2)17-24(26-18-20-9-5-3-6-10-20)23-15-13-22(14-16-23)21-11-7-4-8-12-21/h3-17H,2,18H2,1H3/b19-17-,26-24?. The summed E-state index contributed by atoms with van der Waals surface area (Å²) in [6, 6.07) is 29.1. The maximum Gasteiger partial charge on any atom is 0.0668 e. The maximum atomic E-state index is 4.81. The first-order valence-corrected chi connectivity index (χ1v) is 8.65. The first-order chi connectivity index (χ1) is 12.8. The van der Waals surface area contributed by atoms with E-state index >= 15 is 0 Å². The summed E-state index contributed by atoms with van der Waals surface area (Å²) in [6.07, 6.45) is 1.98. The summed E-state index contributed by atoms with van der Waals surface area (Å²) >= 11 is 0. The van der Waals surface area contributed by atoms with Gasteiger partial charge in [0.1, 0.15) is 0 Å². The highest BCUT2D eigenvalue weighted by atomic mass is 14.7. The third-order valence-electron chi connectivity index (χ3n) is 4.16. The number of nitrogens with zero attached hydrogens (tertiary/aromatic N) is 2. The van der Waals surface area contributed by atoms with Crippen molar-refractivity contribution < 1.29 is 0 Å². The van der Waals surface area contributed by atoms with Crippen molar-refractivity contribution in [2.24, 2.45) is 9.98 Å². The quantitative estimate of drug-likeness (QED) is 0.496. The number of hydrogen-bond donors (Lipinski definition) is 0. The Morgan fingerprint density at radius 3 is 2.00 bits per heavy atom. The van der Waals surface area contributed by atoms with Gasteiger partial charge in [0.05, 0.1) is 12.3 Å². The molecular formula is C24H22N2.